The quantitative estimate of drug-likeness (QED) is 0.534. The van der Waals surface area contributed by atoms with Crippen molar-refractivity contribution in [1.29, 1.82) is 0 Å². The van der Waals surface area contributed by atoms with Gasteiger partial charge in [0.2, 0.25) is 0 Å². The molecular weight excluding hydrogens is 202 g/mol. The first-order chi connectivity index (χ1) is 6.65. The Hall–Kier alpha value is -1.69. The zero-order valence-corrected chi connectivity index (χ0v) is 7.89. The molecule has 0 aliphatic heterocycles. The van der Waals surface area contributed by atoms with Gasteiger partial charge in [0.05, 0.1) is 11.0 Å². The first-order valence-electron chi connectivity index (χ1n) is 3.87. The Morgan fingerprint density at radius 3 is 2.71 bits per heavy atom. The van der Waals surface area contributed by atoms with Crippen molar-refractivity contribution in [3.8, 4) is 0 Å². The maximum absolute atomic E-state index is 10.9. The number of H-pyrrole nitrogens is 2. The Morgan fingerprint density at radius 1 is 1.29 bits per heavy atom. The lowest BCUT2D eigenvalue weighted by atomic mass is 10.3. The van der Waals surface area contributed by atoms with Gasteiger partial charge >= 0.3 is 5.69 Å². The molecule has 72 valence electrons. The van der Waals surface area contributed by atoms with Crippen LogP contribution in [-0.4, -0.2) is 15.2 Å². The number of hydrogen-bond acceptors (Lipinski definition) is 2. The van der Waals surface area contributed by atoms with Crippen molar-refractivity contribution in [3.05, 3.63) is 28.7 Å². The average Bonchev–Trinajstić information content (AvgIpc) is 2.42. The minimum Gasteiger partial charge on any atom is -0.317 e. The maximum Gasteiger partial charge on any atom is 0.323 e. The molecule has 1 aromatic carbocycles. The molecule has 0 saturated carbocycles. The van der Waals surface area contributed by atoms with Gasteiger partial charge in [0.15, 0.2) is 0 Å². The van der Waals surface area contributed by atoms with Gasteiger partial charge in [-0.1, -0.05) is 12.6 Å². The SMILES string of the molecule is O=C(S)Nc1ccc2[nH]c(=O)[nH]c2c1. The van der Waals surface area contributed by atoms with E-state index in [1.54, 1.807) is 18.2 Å². The standard InChI is InChI=1S/C8H7N3O2S/c12-7-10-5-2-1-4(9-8(13)14)3-6(5)11-7/h1-3H,(H2,9,13,14)(H2,10,11,12). The smallest absolute Gasteiger partial charge is 0.317 e. The van der Waals surface area contributed by atoms with Crippen LogP contribution in [0.15, 0.2) is 23.0 Å². The summed E-state index contributed by atoms with van der Waals surface area (Å²) >= 11 is 3.58. The molecule has 1 heterocycles. The summed E-state index contributed by atoms with van der Waals surface area (Å²) in [5, 5.41) is 2.05. The summed E-state index contributed by atoms with van der Waals surface area (Å²) in [6, 6.07) is 5.04. The van der Waals surface area contributed by atoms with E-state index in [4.69, 9.17) is 0 Å². The minimum absolute atomic E-state index is 0.269. The molecule has 0 saturated heterocycles. The largest absolute Gasteiger partial charge is 0.323 e. The molecule has 2 rings (SSSR count). The summed E-state index contributed by atoms with van der Waals surface area (Å²) in [4.78, 5) is 26.7. The van der Waals surface area contributed by atoms with Crippen LogP contribution >= 0.6 is 12.6 Å². The summed E-state index contributed by atoms with van der Waals surface area (Å²) in [5.41, 5.74) is 1.67. The van der Waals surface area contributed by atoms with Crippen LogP contribution in [0.5, 0.6) is 0 Å². The van der Waals surface area contributed by atoms with Crippen molar-refractivity contribution in [1.82, 2.24) is 9.97 Å². The number of aromatic nitrogens is 2. The molecule has 6 heteroatoms. The Labute approximate surface area is 83.9 Å². The molecule has 0 aliphatic rings. The van der Waals surface area contributed by atoms with Gasteiger partial charge in [0.25, 0.3) is 5.24 Å². The van der Waals surface area contributed by atoms with E-state index in [0.29, 0.717) is 16.7 Å². The third kappa shape index (κ3) is 1.64. The minimum atomic E-state index is -0.442. The van der Waals surface area contributed by atoms with Crippen LogP contribution in [0.2, 0.25) is 0 Å². The van der Waals surface area contributed by atoms with E-state index >= 15 is 0 Å². The molecule has 1 amide bonds. The van der Waals surface area contributed by atoms with E-state index in [1.807, 2.05) is 0 Å². The molecule has 3 N–H and O–H groups in total. The van der Waals surface area contributed by atoms with E-state index < -0.39 is 5.24 Å². The van der Waals surface area contributed by atoms with Crippen LogP contribution in [0.3, 0.4) is 0 Å². The number of carbonyl (C=O) groups is 1. The lowest BCUT2D eigenvalue weighted by Gasteiger charge is -1.99. The highest BCUT2D eigenvalue weighted by molar-refractivity contribution is 7.96. The number of imidazole rings is 1. The van der Waals surface area contributed by atoms with Crippen molar-refractivity contribution in [2.45, 2.75) is 0 Å². The molecule has 1 aromatic heterocycles. The highest BCUT2D eigenvalue weighted by Gasteiger charge is 2.00. The molecule has 0 atom stereocenters. The van der Waals surface area contributed by atoms with Gasteiger partial charge in [0, 0.05) is 5.69 Å². The number of fused-ring (bicyclic) bond motifs is 1. The van der Waals surface area contributed by atoms with Gasteiger partial charge in [0.1, 0.15) is 0 Å². The molecule has 0 radical (unpaired) electrons. The number of thiol groups is 1. The van der Waals surface area contributed by atoms with Crippen molar-refractivity contribution in [3.63, 3.8) is 0 Å². The number of aromatic amines is 2. The lowest BCUT2D eigenvalue weighted by molar-refractivity contribution is 0.270. The number of hydrogen-bond donors (Lipinski definition) is 4. The fourth-order valence-electron chi connectivity index (χ4n) is 1.23. The van der Waals surface area contributed by atoms with Crippen molar-refractivity contribution in [2.24, 2.45) is 0 Å². The summed E-state index contributed by atoms with van der Waals surface area (Å²) < 4.78 is 0. The zero-order chi connectivity index (χ0) is 10.1. The molecule has 0 fully saturated rings. The first-order valence-corrected chi connectivity index (χ1v) is 4.32. The second-order valence-corrected chi connectivity index (χ2v) is 3.18. The second kappa shape index (κ2) is 3.22. The maximum atomic E-state index is 10.9. The number of amides is 1. The van der Waals surface area contributed by atoms with E-state index in [0.717, 1.165) is 0 Å². The fourth-order valence-corrected chi connectivity index (χ4v) is 1.36. The van der Waals surface area contributed by atoms with Crippen molar-refractivity contribution >= 4 is 34.6 Å². The number of nitrogens with one attached hydrogen (secondary N) is 3. The van der Waals surface area contributed by atoms with Crippen molar-refractivity contribution < 1.29 is 4.79 Å². The number of rotatable bonds is 1. The van der Waals surface area contributed by atoms with Crippen LogP contribution in [0.4, 0.5) is 10.5 Å². The normalized spacial score (nSPS) is 10.4. The second-order valence-electron chi connectivity index (χ2n) is 2.77. The van der Waals surface area contributed by atoms with Crippen LogP contribution in [-0.2, 0) is 0 Å². The summed E-state index contributed by atoms with van der Waals surface area (Å²) in [6.07, 6.45) is 0. The van der Waals surface area contributed by atoms with E-state index in [-0.39, 0.29) is 5.69 Å². The fraction of sp³-hybridized carbons (Fsp3) is 0. The predicted octanol–water partition coefficient (Wildman–Crippen LogP) is 1.32. The Morgan fingerprint density at radius 2 is 2.00 bits per heavy atom. The van der Waals surface area contributed by atoms with Gasteiger partial charge < -0.3 is 15.3 Å². The highest BCUT2D eigenvalue weighted by atomic mass is 32.1. The molecule has 0 unspecified atom stereocenters. The Bertz CT molecular complexity index is 543. The van der Waals surface area contributed by atoms with Gasteiger partial charge in [-0.3, -0.25) is 4.79 Å². The first kappa shape index (κ1) is 8.89. The molecule has 0 bridgehead atoms. The number of anilines is 1. The van der Waals surface area contributed by atoms with Crippen molar-refractivity contribution in [2.75, 3.05) is 5.32 Å². The predicted molar refractivity (Wildman–Crippen MR) is 56.9 cm³/mol. The molecular formula is C8H7N3O2S. The Kier molecular flexibility index (Phi) is 2.05. The van der Waals surface area contributed by atoms with Gasteiger partial charge in [-0.25, -0.2) is 4.79 Å². The summed E-state index contributed by atoms with van der Waals surface area (Å²) in [6.45, 7) is 0. The van der Waals surface area contributed by atoms with Crippen LogP contribution < -0.4 is 11.0 Å². The summed E-state index contributed by atoms with van der Waals surface area (Å²) in [5.74, 6) is 0. The molecule has 5 nitrogen and oxygen atoms in total. The molecule has 0 aliphatic carbocycles. The van der Waals surface area contributed by atoms with E-state index in [2.05, 4.69) is 27.9 Å². The highest BCUT2D eigenvalue weighted by Crippen LogP contribution is 2.14. The van der Waals surface area contributed by atoms with Gasteiger partial charge in [-0.15, -0.1) is 0 Å². The third-order valence-electron chi connectivity index (χ3n) is 1.77. The lowest BCUT2D eigenvalue weighted by Crippen LogP contribution is -2.00. The van der Waals surface area contributed by atoms with E-state index in [9.17, 15) is 9.59 Å². The monoisotopic (exact) mass is 209 g/mol. The van der Waals surface area contributed by atoms with Crippen LogP contribution in [0.25, 0.3) is 11.0 Å². The van der Waals surface area contributed by atoms with E-state index in [1.165, 1.54) is 0 Å². The molecule has 14 heavy (non-hydrogen) atoms. The zero-order valence-electron chi connectivity index (χ0n) is 7.00. The average molecular weight is 209 g/mol. The number of benzene rings is 1. The topological polar surface area (TPSA) is 77.8 Å². The summed E-state index contributed by atoms with van der Waals surface area (Å²) in [7, 11) is 0. The van der Waals surface area contributed by atoms with Crippen LogP contribution in [0.1, 0.15) is 0 Å². The molecule has 0 spiro atoms. The Balaban J connectivity index is 2.50. The van der Waals surface area contributed by atoms with Gasteiger partial charge in [-0.05, 0) is 18.2 Å². The van der Waals surface area contributed by atoms with Crippen LogP contribution in [0, 0.1) is 0 Å². The molecule has 2 aromatic rings. The third-order valence-corrected chi connectivity index (χ3v) is 1.88. The number of carbonyl (C=O) groups excluding carboxylic acids is 1. The van der Waals surface area contributed by atoms with Gasteiger partial charge in [-0.2, -0.15) is 0 Å².